The number of benzene rings is 1. The Balaban J connectivity index is 1.47. The summed E-state index contributed by atoms with van der Waals surface area (Å²) in [6.07, 6.45) is 3.08. The zero-order valence-corrected chi connectivity index (χ0v) is 11.9. The molecule has 1 aliphatic rings. The maximum absolute atomic E-state index is 12.0. The second-order valence-electron chi connectivity index (χ2n) is 5.29. The van der Waals surface area contributed by atoms with Gasteiger partial charge in [0.1, 0.15) is 0 Å². The van der Waals surface area contributed by atoms with Crippen LogP contribution in [0.15, 0.2) is 48.7 Å². The lowest BCUT2D eigenvalue weighted by atomic mass is 9.97. The molecule has 4 nitrogen and oxygen atoms in total. The molecular formula is C17H19N3O. The molecule has 2 N–H and O–H groups in total. The molecule has 2 aromatic rings. The molecule has 0 fully saturated rings. The van der Waals surface area contributed by atoms with Gasteiger partial charge in [0.15, 0.2) is 0 Å². The van der Waals surface area contributed by atoms with Crippen molar-refractivity contribution in [2.75, 3.05) is 18.4 Å². The van der Waals surface area contributed by atoms with Gasteiger partial charge in [0.2, 0.25) is 5.91 Å². The predicted octanol–water partition coefficient (Wildman–Crippen LogP) is 2.34. The molecule has 1 aromatic heterocycles. The molecule has 0 spiro atoms. The van der Waals surface area contributed by atoms with Crippen molar-refractivity contribution in [3.63, 3.8) is 0 Å². The van der Waals surface area contributed by atoms with Crippen molar-refractivity contribution in [2.45, 2.75) is 18.8 Å². The molecule has 0 saturated heterocycles. The molecular weight excluding hydrogens is 262 g/mol. The summed E-state index contributed by atoms with van der Waals surface area (Å²) in [6.45, 7) is 1.48. The van der Waals surface area contributed by atoms with E-state index in [4.69, 9.17) is 0 Å². The summed E-state index contributed by atoms with van der Waals surface area (Å²) in [5.41, 5.74) is 3.41. The number of nitrogens with zero attached hydrogens (tertiary/aromatic N) is 1. The number of fused-ring (bicyclic) bond motifs is 1. The summed E-state index contributed by atoms with van der Waals surface area (Å²) >= 11 is 0. The van der Waals surface area contributed by atoms with Gasteiger partial charge in [0, 0.05) is 49.4 Å². The van der Waals surface area contributed by atoms with E-state index in [1.807, 2.05) is 30.3 Å². The number of hydrogen-bond acceptors (Lipinski definition) is 3. The summed E-state index contributed by atoms with van der Waals surface area (Å²) in [5.74, 6) is 0.380. The van der Waals surface area contributed by atoms with Gasteiger partial charge in [0.05, 0.1) is 0 Å². The Morgan fingerprint density at radius 2 is 2.10 bits per heavy atom. The summed E-state index contributed by atoms with van der Waals surface area (Å²) < 4.78 is 0. The SMILES string of the molecule is O=C(CC1CNc2ccccc21)NCCc1ccccn1. The average Bonchev–Trinajstić information content (AvgIpc) is 2.92. The first-order valence-electron chi connectivity index (χ1n) is 7.32. The van der Waals surface area contributed by atoms with Gasteiger partial charge >= 0.3 is 0 Å². The molecule has 0 bridgehead atoms. The zero-order chi connectivity index (χ0) is 14.5. The molecule has 2 heterocycles. The Morgan fingerprint density at radius 3 is 2.95 bits per heavy atom. The molecule has 21 heavy (non-hydrogen) atoms. The number of nitrogens with one attached hydrogen (secondary N) is 2. The minimum Gasteiger partial charge on any atom is -0.384 e. The minimum absolute atomic E-state index is 0.106. The van der Waals surface area contributed by atoms with Crippen molar-refractivity contribution in [1.29, 1.82) is 0 Å². The number of hydrogen-bond donors (Lipinski definition) is 2. The summed E-state index contributed by atoms with van der Waals surface area (Å²) in [5, 5.41) is 6.33. The van der Waals surface area contributed by atoms with Gasteiger partial charge in [-0.05, 0) is 23.8 Å². The number of anilines is 1. The van der Waals surface area contributed by atoms with E-state index in [9.17, 15) is 4.79 Å². The Bertz CT molecular complexity index is 612. The normalized spacial score (nSPS) is 16.1. The molecule has 1 amide bonds. The molecule has 1 atom stereocenters. The van der Waals surface area contributed by atoms with E-state index in [-0.39, 0.29) is 11.8 Å². The Kier molecular flexibility index (Phi) is 4.15. The maximum Gasteiger partial charge on any atom is 0.220 e. The van der Waals surface area contributed by atoms with Crippen LogP contribution in [0.2, 0.25) is 0 Å². The van der Waals surface area contributed by atoms with Gasteiger partial charge in [-0.3, -0.25) is 9.78 Å². The standard InChI is InChI=1S/C17H19N3O/c21-17(19-10-8-14-5-3-4-9-18-14)11-13-12-20-16-7-2-1-6-15(13)16/h1-7,9,13,20H,8,10-12H2,(H,19,21). The van der Waals surface area contributed by atoms with E-state index >= 15 is 0 Å². The fourth-order valence-electron chi connectivity index (χ4n) is 2.71. The smallest absolute Gasteiger partial charge is 0.220 e. The quantitative estimate of drug-likeness (QED) is 0.884. The van der Waals surface area contributed by atoms with Gasteiger partial charge in [-0.1, -0.05) is 24.3 Å². The fourth-order valence-corrected chi connectivity index (χ4v) is 2.71. The van der Waals surface area contributed by atoms with Crippen LogP contribution in [0.25, 0.3) is 0 Å². The highest BCUT2D eigenvalue weighted by Crippen LogP contribution is 2.32. The van der Waals surface area contributed by atoms with Crippen LogP contribution < -0.4 is 10.6 Å². The molecule has 1 aliphatic heterocycles. The van der Waals surface area contributed by atoms with Crippen LogP contribution in [-0.4, -0.2) is 24.0 Å². The van der Waals surface area contributed by atoms with E-state index in [0.29, 0.717) is 13.0 Å². The predicted molar refractivity (Wildman–Crippen MR) is 83.2 cm³/mol. The summed E-state index contributed by atoms with van der Waals surface area (Å²) in [6, 6.07) is 14.0. The molecule has 0 radical (unpaired) electrons. The largest absolute Gasteiger partial charge is 0.384 e. The molecule has 1 aromatic carbocycles. The second kappa shape index (κ2) is 6.39. The molecule has 0 aliphatic carbocycles. The third-order valence-corrected chi connectivity index (χ3v) is 3.80. The van der Waals surface area contributed by atoms with Crippen molar-refractivity contribution in [1.82, 2.24) is 10.3 Å². The van der Waals surface area contributed by atoms with Gasteiger partial charge in [0.25, 0.3) is 0 Å². The van der Waals surface area contributed by atoms with E-state index in [1.165, 1.54) is 5.56 Å². The highest BCUT2D eigenvalue weighted by Gasteiger charge is 2.23. The third-order valence-electron chi connectivity index (χ3n) is 3.80. The minimum atomic E-state index is 0.106. The number of aromatic nitrogens is 1. The van der Waals surface area contributed by atoms with E-state index in [1.54, 1.807) is 6.20 Å². The number of para-hydroxylation sites is 1. The summed E-state index contributed by atoms with van der Waals surface area (Å²) in [4.78, 5) is 16.3. The highest BCUT2D eigenvalue weighted by atomic mass is 16.1. The number of carbonyl (C=O) groups is 1. The van der Waals surface area contributed by atoms with Gasteiger partial charge in [-0.15, -0.1) is 0 Å². The highest BCUT2D eigenvalue weighted by molar-refractivity contribution is 5.78. The first-order valence-corrected chi connectivity index (χ1v) is 7.32. The van der Waals surface area contributed by atoms with E-state index < -0.39 is 0 Å². The van der Waals surface area contributed by atoms with Crippen LogP contribution >= 0.6 is 0 Å². The second-order valence-corrected chi connectivity index (χ2v) is 5.29. The van der Waals surface area contributed by atoms with Crippen molar-refractivity contribution in [3.8, 4) is 0 Å². The van der Waals surface area contributed by atoms with Crippen molar-refractivity contribution < 1.29 is 4.79 Å². The first kappa shape index (κ1) is 13.6. The Labute approximate surface area is 124 Å². The lowest BCUT2D eigenvalue weighted by Gasteiger charge is -2.10. The topological polar surface area (TPSA) is 54.0 Å². The number of carbonyl (C=O) groups excluding carboxylic acids is 1. The summed E-state index contributed by atoms with van der Waals surface area (Å²) in [7, 11) is 0. The van der Waals surface area contributed by atoms with Gasteiger partial charge < -0.3 is 10.6 Å². The van der Waals surface area contributed by atoms with Crippen LogP contribution in [0.3, 0.4) is 0 Å². The first-order chi connectivity index (χ1) is 10.3. The van der Waals surface area contributed by atoms with Crippen LogP contribution in [0.1, 0.15) is 23.6 Å². The Morgan fingerprint density at radius 1 is 1.24 bits per heavy atom. The van der Waals surface area contributed by atoms with E-state index in [2.05, 4.69) is 27.8 Å². The van der Waals surface area contributed by atoms with Crippen LogP contribution in [0.5, 0.6) is 0 Å². The number of rotatable bonds is 5. The van der Waals surface area contributed by atoms with Crippen molar-refractivity contribution in [3.05, 3.63) is 59.9 Å². The maximum atomic E-state index is 12.0. The average molecular weight is 281 g/mol. The third kappa shape index (κ3) is 3.40. The van der Waals surface area contributed by atoms with Crippen LogP contribution in [-0.2, 0) is 11.2 Å². The lowest BCUT2D eigenvalue weighted by molar-refractivity contribution is -0.121. The van der Waals surface area contributed by atoms with Gasteiger partial charge in [-0.2, -0.15) is 0 Å². The van der Waals surface area contributed by atoms with Crippen LogP contribution in [0, 0.1) is 0 Å². The van der Waals surface area contributed by atoms with E-state index in [0.717, 1.165) is 24.3 Å². The molecule has 0 saturated carbocycles. The van der Waals surface area contributed by atoms with Gasteiger partial charge in [-0.25, -0.2) is 0 Å². The Hall–Kier alpha value is -2.36. The molecule has 3 rings (SSSR count). The van der Waals surface area contributed by atoms with Crippen molar-refractivity contribution in [2.24, 2.45) is 0 Å². The lowest BCUT2D eigenvalue weighted by Crippen LogP contribution is -2.27. The fraction of sp³-hybridized carbons (Fsp3) is 0.294. The van der Waals surface area contributed by atoms with Crippen molar-refractivity contribution >= 4 is 11.6 Å². The molecule has 4 heteroatoms. The monoisotopic (exact) mass is 281 g/mol. The molecule has 1 unspecified atom stereocenters. The van der Waals surface area contributed by atoms with Crippen LogP contribution in [0.4, 0.5) is 5.69 Å². The zero-order valence-electron chi connectivity index (χ0n) is 11.9. The number of amides is 1. The molecule has 108 valence electrons. The number of pyridine rings is 1.